The minimum Gasteiger partial charge on any atom is -0.383 e. The van der Waals surface area contributed by atoms with Gasteiger partial charge in [0.2, 0.25) is 5.91 Å². The van der Waals surface area contributed by atoms with Crippen molar-refractivity contribution >= 4 is 21.8 Å². The number of carbonyl (C=O) groups excluding carboxylic acids is 1. The largest absolute Gasteiger partial charge is 0.383 e. The number of aryl methyl sites for hydroxylation is 2. The van der Waals surface area contributed by atoms with Crippen LogP contribution in [0.25, 0.3) is 16.8 Å². The number of hydrogen-bond donors (Lipinski definition) is 1. The number of likely N-dealkylation sites (tertiary alicyclic amines) is 1. The van der Waals surface area contributed by atoms with Crippen LogP contribution in [-0.4, -0.2) is 44.0 Å². The van der Waals surface area contributed by atoms with Crippen molar-refractivity contribution in [3.63, 3.8) is 0 Å². The first kappa shape index (κ1) is 24.4. The third-order valence-corrected chi connectivity index (χ3v) is 7.50. The molecule has 0 atom stereocenters. The molecule has 1 saturated heterocycles. The van der Waals surface area contributed by atoms with Gasteiger partial charge in [0, 0.05) is 24.0 Å². The molecule has 0 radical (unpaired) electrons. The molecule has 1 amide bonds. The molecule has 0 saturated carbocycles. The summed E-state index contributed by atoms with van der Waals surface area (Å²) in [6.07, 6.45) is 3.86. The molecule has 0 aliphatic carbocycles. The number of benzene rings is 3. The predicted octanol–water partition coefficient (Wildman–Crippen LogP) is 5.45. The molecule has 3 aromatic carbocycles. The Hall–Kier alpha value is -3.29. The third-order valence-electron chi connectivity index (χ3n) is 7.01. The molecule has 1 aliphatic rings. The summed E-state index contributed by atoms with van der Waals surface area (Å²) in [6, 6.07) is 24.6. The van der Waals surface area contributed by atoms with Crippen molar-refractivity contribution in [1.29, 1.82) is 0 Å². The maximum absolute atomic E-state index is 12.9. The van der Waals surface area contributed by atoms with E-state index in [4.69, 9.17) is 0 Å². The van der Waals surface area contributed by atoms with Gasteiger partial charge in [-0.1, -0.05) is 75.7 Å². The maximum Gasteiger partial charge on any atom is 0.222 e. The lowest BCUT2D eigenvalue weighted by atomic mass is 9.88. The van der Waals surface area contributed by atoms with Crippen LogP contribution >= 0.6 is 15.9 Å². The van der Waals surface area contributed by atoms with E-state index in [0.29, 0.717) is 44.5 Å². The van der Waals surface area contributed by atoms with Crippen molar-refractivity contribution in [3.8, 4) is 16.8 Å². The van der Waals surface area contributed by atoms with Gasteiger partial charge in [0.25, 0.3) is 0 Å². The van der Waals surface area contributed by atoms with Gasteiger partial charge in [-0.3, -0.25) is 4.79 Å². The zero-order valence-corrected chi connectivity index (χ0v) is 21.9. The molecular formula is C29H29BrN4O2. The second-order valence-electron chi connectivity index (χ2n) is 9.45. The lowest BCUT2D eigenvalue weighted by molar-refractivity contribution is -0.135. The summed E-state index contributed by atoms with van der Waals surface area (Å²) in [4.78, 5) is 14.7. The molecule has 2 heterocycles. The second-order valence-corrected chi connectivity index (χ2v) is 10.4. The molecule has 7 heteroatoms. The number of hydrogen-bond acceptors (Lipinski definition) is 4. The van der Waals surface area contributed by atoms with Crippen LogP contribution in [0.2, 0.25) is 0 Å². The van der Waals surface area contributed by atoms with Crippen LogP contribution in [0.1, 0.15) is 36.1 Å². The first-order valence-electron chi connectivity index (χ1n) is 12.3. The average Bonchev–Trinajstić information content (AvgIpc) is 3.40. The van der Waals surface area contributed by atoms with E-state index in [2.05, 4.69) is 62.6 Å². The van der Waals surface area contributed by atoms with Crippen LogP contribution in [0.3, 0.4) is 0 Å². The summed E-state index contributed by atoms with van der Waals surface area (Å²) < 4.78 is 2.71. The second kappa shape index (κ2) is 10.4. The first-order chi connectivity index (χ1) is 17.4. The fourth-order valence-electron chi connectivity index (χ4n) is 4.76. The Bertz CT molecular complexity index is 1340. The van der Waals surface area contributed by atoms with E-state index in [1.165, 1.54) is 11.1 Å². The topological polar surface area (TPSA) is 71.2 Å². The summed E-state index contributed by atoms with van der Waals surface area (Å²) in [7, 11) is 0. The van der Waals surface area contributed by atoms with Gasteiger partial charge in [-0.05, 0) is 66.6 Å². The summed E-state index contributed by atoms with van der Waals surface area (Å²) in [5, 5.41) is 19.8. The van der Waals surface area contributed by atoms with Crippen molar-refractivity contribution < 1.29 is 9.90 Å². The first-order valence-corrected chi connectivity index (χ1v) is 13.0. The number of nitrogens with zero attached hydrogens (tertiary/aromatic N) is 4. The minimum atomic E-state index is -1.08. The van der Waals surface area contributed by atoms with Gasteiger partial charge in [-0.25, -0.2) is 4.68 Å². The van der Waals surface area contributed by atoms with Gasteiger partial charge in [-0.15, -0.1) is 5.10 Å². The molecule has 1 N–H and O–H groups in total. The van der Waals surface area contributed by atoms with Crippen molar-refractivity contribution in [2.24, 2.45) is 0 Å². The number of aliphatic hydroxyl groups is 1. The van der Waals surface area contributed by atoms with E-state index in [0.717, 1.165) is 21.3 Å². The Balaban J connectivity index is 1.16. The number of rotatable bonds is 6. The Labute approximate surface area is 219 Å². The molecule has 1 aliphatic heterocycles. The van der Waals surface area contributed by atoms with E-state index < -0.39 is 5.60 Å². The van der Waals surface area contributed by atoms with Crippen LogP contribution in [0, 0.1) is 6.92 Å². The highest BCUT2D eigenvalue weighted by atomic mass is 79.9. The van der Waals surface area contributed by atoms with Crippen LogP contribution in [-0.2, 0) is 16.8 Å². The number of aromatic nitrogens is 3. The molecule has 6 nitrogen and oxygen atoms in total. The Kier molecular flexibility index (Phi) is 7.03. The molecular weight excluding hydrogens is 516 g/mol. The van der Waals surface area contributed by atoms with Crippen molar-refractivity contribution in [2.75, 3.05) is 13.1 Å². The fourth-order valence-corrected chi connectivity index (χ4v) is 5.23. The normalized spacial score (nSPS) is 15.1. The number of carbonyl (C=O) groups is 1. The van der Waals surface area contributed by atoms with Gasteiger partial charge in [0.05, 0.1) is 11.9 Å². The van der Waals surface area contributed by atoms with Crippen molar-refractivity contribution in [2.45, 2.75) is 38.2 Å². The van der Waals surface area contributed by atoms with E-state index >= 15 is 0 Å². The Morgan fingerprint density at radius 1 is 1.00 bits per heavy atom. The van der Waals surface area contributed by atoms with Gasteiger partial charge in [0.1, 0.15) is 11.3 Å². The molecule has 5 rings (SSSR count). The Morgan fingerprint density at radius 2 is 1.69 bits per heavy atom. The van der Waals surface area contributed by atoms with Gasteiger partial charge < -0.3 is 10.0 Å². The Morgan fingerprint density at radius 3 is 2.39 bits per heavy atom. The lowest BCUT2D eigenvalue weighted by Crippen LogP contribution is -2.45. The van der Waals surface area contributed by atoms with Crippen molar-refractivity contribution in [1.82, 2.24) is 19.9 Å². The molecule has 0 unspecified atom stereocenters. The molecule has 36 heavy (non-hydrogen) atoms. The van der Waals surface area contributed by atoms with E-state index in [1.54, 1.807) is 10.9 Å². The van der Waals surface area contributed by atoms with Gasteiger partial charge >= 0.3 is 0 Å². The molecule has 184 valence electrons. The van der Waals surface area contributed by atoms with Crippen LogP contribution < -0.4 is 0 Å². The van der Waals surface area contributed by atoms with E-state index in [9.17, 15) is 9.90 Å². The zero-order valence-electron chi connectivity index (χ0n) is 20.3. The van der Waals surface area contributed by atoms with Gasteiger partial charge in [-0.2, -0.15) is 0 Å². The number of piperidine rings is 1. The summed E-state index contributed by atoms with van der Waals surface area (Å²) in [5.74, 6) is 0.123. The zero-order chi connectivity index (χ0) is 25.1. The third kappa shape index (κ3) is 5.27. The SMILES string of the molecule is Cc1cc(Br)ccc1-n1cc(C2(O)CCN(C(=O)CCc3ccc(-c4ccccc4)cc3)CC2)nn1. The lowest BCUT2D eigenvalue weighted by Gasteiger charge is -2.37. The van der Waals surface area contributed by atoms with Crippen molar-refractivity contribution in [3.05, 3.63) is 100 Å². The highest BCUT2D eigenvalue weighted by Crippen LogP contribution is 2.32. The highest BCUT2D eigenvalue weighted by Gasteiger charge is 2.37. The molecule has 0 bridgehead atoms. The molecule has 4 aromatic rings. The van der Waals surface area contributed by atoms with Crippen LogP contribution in [0.4, 0.5) is 0 Å². The highest BCUT2D eigenvalue weighted by molar-refractivity contribution is 9.10. The average molecular weight is 545 g/mol. The monoisotopic (exact) mass is 544 g/mol. The summed E-state index contributed by atoms with van der Waals surface area (Å²) in [6.45, 7) is 3.02. The maximum atomic E-state index is 12.9. The molecule has 1 fully saturated rings. The smallest absolute Gasteiger partial charge is 0.222 e. The predicted molar refractivity (Wildman–Crippen MR) is 144 cm³/mol. The van der Waals surface area contributed by atoms with E-state index in [1.807, 2.05) is 48.2 Å². The molecule has 1 aromatic heterocycles. The van der Waals surface area contributed by atoms with E-state index in [-0.39, 0.29) is 5.91 Å². The van der Waals surface area contributed by atoms with Gasteiger partial charge in [0.15, 0.2) is 0 Å². The quantitative estimate of drug-likeness (QED) is 0.350. The summed E-state index contributed by atoms with van der Waals surface area (Å²) in [5.41, 5.74) is 4.96. The molecule has 0 spiro atoms. The van der Waals surface area contributed by atoms with Crippen LogP contribution in [0.5, 0.6) is 0 Å². The minimum absolute atomic E-state index is 0.123. The number of amides is 1. The van der Waals surface area contributed by atoms with Crippen LogP contribution in [0.15, 0.2) is 83.5 Å². The fraction of sp³-hybridized carbons (Fsp3) is 0.276. The standard InChI is InChI=1S/C29H29BrN4O2/c1-21-19-25(30)12-13-26(21)34-20-27(31-32-34)29(36)15-17-33(18-16-29)28(35)14-9-22-7-10-24(11-8-22)23-5-3-2-4-6-23/h2-8,10-13,19-20,36H,9,14-18H2,1H3. The summed E-state index contributed by atoms with van der Waals surface area (Å²) >= 11 is 3.48. The number of halogens is 1.